The molecule has 1 aromatic rings. The van der Waals surface area contributed by atoms with Crippen molar-refractivity contribution >= 4 is 26.0 Å². The van der Waals surface area contributed by atoms with E-state index in [0.717, 1.165) is 4.47 Å². The van der Waals surface area contributed by atoms with Gasteiger partial charge in [0.15, 0.2) is 0 Å². The van der Waals surface area contributed by atoms with E-state index in [1.807, 2.05) is 0 Å². The number of hydrogen-bond acceptors (Lipinski definition) is 3. The molecule has 1 aromatic carbocycles. The van der Waals surface area contributed by atoms with Crippen molar-refractivity contribution in [1.82, 2.24) is 4.72 Å². The van der Waals surface area contributed by atoms with Crippen molar-refractivity contribution in [1.29, 1.82) is 0 Å². The van der Waals surface area contributed by atoms with Gasteiger partial charge in [0.1, 0.15) is 0 Å². The predicted octanol–water partition coefficient (Wildman–Crippen LogP) is 1.50. The summed E-state index contributed by atoms with van der Waals surface area (Å²) < 4.78 is 27.0. The minimum Gasteiger partial charge on any atom is -0.396 e. The summed E-state index contributed by atoms with van der Waals surface area (Å²) in [5.74, 6) is 0. The Bertz CT molecular complexity index is 430. The maximum absolute atomic E-state index is 11.8. The molecule has 0 bridgehead atoms. The second-order valence-electron chi connectivity index (χ2n) is 3.49. The van der Waals surface area contributed by atoms with Gasteiger partial charge in [-0.1, -0.05) is 15.9 Å². The van der Waals surface area contributed by atoms with Gasteiger partial charge < -0.3 is 5.11 Å². The number of nitrogens with one attached hydrogen (secondary N) is 1. The van der Waals surface area contributed by atoms with Crippen LogP contribution in [0.25, 0.3) is 0 Å². The van der Waals surface area contributed by atoms with Gasteiger partial charge in [-0.05, 0) is 37.6 Å². The Hall–Kier alpha value is -0.430. The lowest BCUT2D eigenvalue weighted by Crippen LogP contribution is -2.33. The third-order valence-corrected chi connectivity index (χ3v) is 4.18. The van der Waals surface area contributed by atoms with Crippen molar-refractivity contribution in [2.45, 2.75) is 24.3 Å². The second-order valence-corrected chi connectivity index (χ2v) is 6.12. The Morgan fingerprint density at radius 1 is 1.38 bits per heavy atom. The van der Waals surface area contributed by atoms with E-state index >= 15 is 0 Å². The van der Waals surface area contributed by atoms with Crippen LogP contribution < -0.4 is 4.72 Å². The van der Waals surface area contributed by atoms with Crippen LogP contribution in [0.3, 0.4) is 0 Å². The first-order valence-corrected chi connectivity index (χ1v) is 7.12. The molecule has 4 nitrogen and oxygen atoms in total. The van der Waals surface area contributed by atoms with E-state index in [2.05, 4.69) is 20.7 Å². The molecule has 0 amide bonds. The SMILES string of the molecule is CC(CCO)NS(=O)(=O)c1ccc(Br)cc1. The predicted molar refractivity (Wildman–Crippen MR) is 65.6 cm³/mol. The lowest BCUT2D eigenvalue weighted by Gasteiger charge is -2.12. The summed E-state index contributed by atoms with van der Waals surface area (Å²) in [6.45, 7) is 1.68. The van der Waals surface area contributed by atoms with Crippen molar-refractivity contribution in [2.75, 3.05) is 6.61 Å². The van der Waals surface area contributed by atoms with Crippen molar-refractivity contribution in [3.63, 3.8) is 0 Å². The zero-order valence-electron chi connectivity index (χ0n) is 8.85. The van der Waals surface area contributed by atoms with E-state index in [0.29, 0.717) is 6.42 Å². The van der Waals surface area contributed by atoms with E-state index in [4.69, 9.17) is 5.11 Å². The van der Waals surface area contributed by atoms with Gasteiger partial charge in [0.05, 0.1) is 4.90 Å². The Kier molecular flexibility index (Phi) is 4.91. The van der Waals surface area contributed by atoms with Gasteiger partial charge in [0, 0.05) is 17.1 Å². The van der Waals surface area contributed by atoms with E-state index in [1.54, 1.807) is 19.1 Å². The first kappa shape index (κ1) is 13.6. The van der Waals surface area contributed by atoms with Crippen molar-refractivity contribution < 1.29 is 13.5 Å². The zero-order valence-corrected chi connectivity index (χ0v) is 11.3. The number of benzene rings is 1. The molecule has 0 aromatic heterocycles. The average Bonchev–Trinajstić information content (AvgIpc) is 2.17. The molecule has 6 heteroatoms. The van der Waals surface area contributed by atoms with Gasteiger partial charge in [-0.3, -0.25) is 0 Å². The summed E-state index contributed by atoms with van der Waals surface area (Å²) in [4.78, 5) is 0.223. The highest BCUT2D eigenvalue weighted by Gasteiger charge is 2.16. The molecule has 0 aliphatic carbocycles. The maximum atomic E-state index is 11.8. The summed E-state index contributed by atoms with van der Waals surface area (Å²) in [7, 11) is -3.48. The molecular formula is C10H14BrNO3S. The summed E-state index contributed by atoms with van der Waals surface area (Å²) in [6, 6.07) is 6.12. The molecule has 2 N–H and O–H groups in total. The van der Waals surface area contributed by atoms with Gasteiger partial charge in [-0.2, -0.15) is 0 Å². The van der Waals surface area contributed by atoms with Crippen molar-refractivity contribution in [3.05, 3.63) is 28.7 Å². The Morgan fingerprint density at radius 2 is 1.94 bits per heavy atom. The van der Waals surface area contributed by atoms with E-state index in [9.17, 15) is 8.42 Å². The molecule has 0 fully saturated rings. The van der Waals surface area contributed by atoms with Crippen LogP contribution in [-0.2, 0) is 10.0 Å². The summed E-state index contributed by atoms with van der Waals surface area (Å²) in [6.07, 6.45) is 0.399. The molecule has 1 unspecified atom stereocenters. The van der Waals surface area contributed by atoms with Crippen LogP contribution in [0.5, 0.6) is 0 Å². The first-order valence-electron chi connectivity index (χ1n) is 4.84. The van der Waals surface area contributed by atoms with Gasteiger partial charge in [-0.25, -0.2) is 13.1 Å². The highest BCUT2D eigenvalue weighted by atomic mass is 79.9. The fourth-order valence-corrected chi connectivity index (χ4v) is 2.74. The summed E-state index contributed by atoms with van der Waals surface area (Å²) >= 11 is 3.24. The number of halogens is 1. The molecule has 1 rings (SSSR count). The standard InChI is InChI=1S/C10H14BrNO3S/c1-8(6-7-13)12-16(14,15)10-4-2-9(11)3-5-10/h2-5,8,12-13H,6-7H2,1H3. The van der Waals surface area contributed by atoms with Crippen LogP contribution in [0.1, 0.15) is 13.3 Å². The minimum atomic E-state index is -3.48. The number of aliphatic hydroxyl groups is 1. The molecule has 0 aliphatic rings. The highest BCUT2D eigenvalue weighted by Crippen LogP contribution is 2.14. The molecule has 1 atom stereocenters. The number of rotatable bonds is 5. The first-order chi connectivity index (χ1) is 7.45. The molecule has 0 saturated heterocycles. The van der Waals surface area contributed by atoms with Gasteiger partial charge in [-0.15, -0.1) is 0 Å². The van der Waals surface area contributed by atoms with E-state index in [-0.39, 0.29) is 17.5 Å². The lowest BCUT2D eigenvalue weighted by molar-refractivity contribution is 0.275. The normalized spacial score (nSPS) is 13.7. The van der Waals surface area contributed by atoms with Crippen LogP contribution in [0.4, 0.5) is 0 Å². The van der Waals surface area contributed by atoms with Crippen LogP contribution in [-0.4, -0.2) is 26.2 Å². The molecule has 0 aliphatic heterocycles. The summed E-state index contributed by atoms with van der Waals surface area (Å²) in [5, 5.41) is 8.70. The van der Waals surface area contributed by atoms with E-state index < -0.39 is 10.0 Å². The second kappa shape index (κ2) is 5.77. The Balaban J connectivity index is 2.82. The number of sulfonamides is 1. The fourth-order valence-electron chi connectivity index (χ4n) is 1.20. The monoisotopic (exact) mass is 307 g/mol. The topological polar surface area (TPSA) is 66.4 Å². The molecule has 0 radical (unpaired) electrons. The van der Waals surface area contributed by atoms with Crippen LogP contribution >= 0.6 is 15.9 Å². The highest BCUT2D eigenvalue weighted by molar-refractivity contribution is 9.10. The Morgan fingerprint density at radius 3 is 2.44 bits per heavy atom. The quantitative estimate of drug-likeness (QED) is 0.866. The number of aliphatic hydroxyl groups excluding tert-OH is 1. The van der Waals surface area contributed by atoms with Crippen LogP contribution in [0.15, 0.2) is 33.6 Å². The van der Waals surface area contributed by atoms with Crippen molar-refractivity contribution in [2.24, 2.45) is 0 Å². The lowest BCUT2D eigenvalue weighted by atomic mass is 10.3. The molecule has 0 heterocycles. The Labute approximate surface area is 104 Å². The van der Waals surface area contributed by atoms with Gasteiger partial charge in [0.25, 0.3) is 0 Å². The van der Waals surface area contributed by atoms with Gasteiger partial charge in [0.2, 0.25) is 10.0 Å². The minimum absolute atomic E-state index is 0.0377. The van der Waals surface area contributed by atoms with Gasteiger partial charge >= 0.3 is 0 Å². The number of hydrogen-bond donors (Lipinski definition) is 2. The maximum Gasteiger partial charge on any atom is 0.240 e. The van der Waals surface area contributed by atoms with Crippen LogP contribution in [0, 0.1) is 0 Å². The van der Waals surface area contributed by atoms with Crippen molar-refractivity contribution in [3.8, 4) is 0 Å². The molecular weight excluding hydrogens is 294 g/mol. The molecule has 90 valence electrons. The molecule has 16 heavy (non-hydrogen) atoms. The average molecular weight is 308 g/mol. The third-order valence-electron chi connectivity index (χ3n) is 2.04. The molecule has 0 spiro atoms. The zero-order chi connectivity index (χ0) is 12.2. The molecule has 0 saturated carbocycles. The third kappa shape index (κ3) is 3.86. The fraction of sp³-hybridized carbons (Fsp3) is 0.400. The van der Waals surface area contributed by atoms with Crippen LogP contribution in [0.2, 0.25) is 0 Å². The smallest absolute Gasteiger partial charge is 0.240 e. The largest absolute Gasteiger partial charge is 0.396 e. The van der Waals surface area contributed by atoms with E-state index in [1.165, 1.54) is 12.1 Å². The summed E-state index contributed by atoms with van der Waals surface area (Å²) in [5.41, 5.74) is 0.